The summed E-state index contributed by atoms with van der Waals surface area (Å²) in [5, 5.41) is 12.3. The third-order valence-electron chi connectivity index (χ3n) is 3.23. The smallest absolute Gasteiger partial charge is 0.354 e. The number of carboxylic acids is 1. The third kappa shape index (κ3) is 3.34. The van der Waals surface area contributed by atoms with Crippen LogP contribution in [0.4, 0.5) is 10.2 Å². The number of hydrogen-bond donors (Lipinski definition) is 2. The van der Waals surface area contributed by atoms with E-state index in [2.05, 4.69) is 15.3 Å². The van der Waals surface area contributed by atoms with Crippen LogP contribution in [0.2, 0.25) is 0 Å². The molecule has 108 valence electrons. The van der Waals surface area contributed by atoms with Gasteiger partial charge in [-0.25, -0.2) is 19.2 Å². The van der Waals surface area contributed by atoms with E-state index in [9.17, 15) is 9.18 Å². The summed E-state index contributed by atoms with van der Waals surface area (Å²) >= 11 is 0. The van der Waals surface area contributed by atoms with E-state index in [0.717, 1.165) is 12.8 Å². The molecule has 5 nitrogen and oxygen atoms in total. The van der Waals surface area contributed by atoms with Gasteiger partial charge < -0.3 is 10.4 Å². The zero-order chi connectivity index (χ0) is 14.8. The quantitative estimate of drug-likeness (QED) is 0.883. The first-order valence-electron chi connectivity index (χ1n) is 6.73. The Bertz CT molecular complexity index is 686. The Morgan fingerprint density at radius 1 is 1.33 bits per heavy atom. The lowest BCUT2D eigenvalue weighted by molar-refractivity contribution is 0.0690. The number of carboxylic acid groups (broad SMARTS) is 1. The van der Waals surface area contributed by atoms with E-state index in [1.54, 1.807) is 18.2 Å². The number of aromatic nitrogens is 2. The maximum absolute atomic E-state index is 13.7. The first-order valence-corrected chi connectivity index (χ1v) is 6.73. The molecule has 0 atom stereocenters. The highest BCUT2D eigenvalue weighted by molar-refractivity contribution is 5.86. The molecule has 0 aliphatic heterocycles. The molecule has 2 aromatic rings. The predicted octanol–water partition coefficient (Wildman–Crippen LogP) is 2.48. The summed E-state index contributed by atoms with van der Waals surface area (Å²) < 4.78 is 13.7. The molecule has 6 heteroatoms. The summed E-state index contributed by atoms with van der Waals surface area (Å²) in [6, 6.07) is 8.09. The fraction of sp³-hybridized carbons (Fsp3) is 0.267. The van der Waals surface area contributed by atoms with E-state index in [1.807, 2.05) is 0 Å². The van der Waals surface area contributed by atoms with Crippen LogP contribution in [-0.4, -0.2) is 27.1 Å². The number of benzene rings is 1. The lowest BCUT2D eigenvalue weighted by atomic mass is 10.1. The zero-order valence-electron chi connectivity index (χ0n) is 11.2. The van der Waals surface area contributed by atoms with E-state index in [4.69, 9.17) is 5.11 Å². The molecule has 0 saturated heterocycles. The number of hydrogen-bond acceptors (Lipinski definition) is 4. The van der Waals surface area contributed by atoms with Crippen LogP contribution in [0.5, 0.6) is 0 Å². The van der Waals surface area contributed by atoms with Gasteiger partial charge in [0.25, 0.3) is 0 Å². The van der Waals surface area contributed by atoms with Gasteiger partial charge in [-0.2, -0.15) is 0 Å². The molecular formula is C15H14FN3O2. The van der Waals surface area contributed by atoms with Gasteiger partial charge in [-0.3, -0.25) is 0 Å². The number of nitrogens with one attached hydrogen (secondary N) is 1. The topological polar surface area (TPSA) is 75.1 Å². The fourth-order valence-corrected chi connectivity index (χ4v) is 2.01. The first-order chi connectivity index (χ1) is 10.1. The lowest BCUT2D eigenvalue weighted by Gasteiger charge is -2.08. The highest BCUT2D eigenvalue weighted by Crippen LogP contribution is 2.24. The molecule has 0 amide bonds. The fourth-order valence-electron chi connectivity index (χ4n) is 2.01. The van der Waals surface area contributed by atoms with Crippen molar-refractivity contribution in [2.75, 3.05) is 5.32 Å². The number of rotatable bonds is 5. The summed E-state index contributed by atoms with van der Waals surface area (Å²) in [6.45, 7) is 0. The largest absolute Gasteiger partial charge is 0.477 e. The lowest BCUT2D eigenvalue weighted by Crippen LogP contribution is -2.11. The second kappa shape index (κ2) is 5.47. The average Bonchev–Trinajstić information content (AvgIpc) is 3.25. The average molecular weight is 287 g/mol. The molecule has 3 rings (SSSR count). The van der Waals surface area contributed by atoms with Gasteiger partial charge in [-0.15, -0.1) is 0 Å². The van der Waals surface area contributed by atoms with Crippen LogP contribution in [0.15, 0.2) is 30.3 Å². The van der Waals surface area contributed by atoms with Crippen LogP contribution < -0.4 is 5.32 Å². The molecule has 0 unspecified atom stereocenters. The standard InChI is InChI=1S/C15H14FN3O2/c16-11-4-2-1-3-9(11)7-13-18-12(15(20)21)8-14(19-13)17-10-5-6-10/h1-4,8,10H,5-7H2,(H,20,21)(H,17,18,19). The molecule has 21 heavy (non-hydrogen) atoms. The van der Waals surface area contributed by atoms with E-state index in [1.165, 1.54) is 12.1 Å². The van der Waals surface area contributed by atoms with Gasteiger partial charge in [0.05, 0.1) is 0 Å². The van der Waals surface area contributed by atoms with Gasteiger partial charge in [-0.05, 0) is 24.5 Å². The molecular weight excluding hydrogens is 273 g/mol. The highest BCUT2D eigenvalue weighted by Gasteiger charge is 2.22. The molecule has 1 aromatic heterocycles. The normalized spacial score (nSPS) is 14.0. The zero-order valence-corrected chi connectivity index (χ0v) is 11.2. The monoisotopic (exact) mass is 287 g/mol. The van der Waals surface area contributed by atoms with Crippen molar-refractivity contribution in [1.82, 2.24) is 9.97 Å². The minimum Gasteiger partial charge on any atom is -0.477 e. The highest BCUT2D eigenvalue weighted by atomic mass is 19.1. The van der Waals surface area contributed by atoms with Crippen molar-refractivity contribution in [3.63, 3.8) is 0 Å². The van der Waals surface area contributed by atoms with Crippen LogP contribution in [0.25, 0.3) is 0 Å². The van der Waals surface area contributed by atoms with Crippen molar-refractivity contribution in [2.24, 2.45) is 0 Å². The predicted molar refractivity (Wildman–Crippen MR) is 74.8 cm³/mol. The van der Waals surface area contributed by atoms with Crippen LogP contribution >= 0.6 is 0 Å². The number of aromatic carboxylic acids is 1. The Hall–Kier alpha value is -2.50. The minimum absolute atomic E-state index is 0.0838. The Morgan fingerprint density at radius 3 is 2.76 bits per heavy atom. The van der Waals surface area contributed by atoms with Gasteiger partial charge in [-0.1, -0.05) is 18.2 Å². The summed E-state index contributed by atoms with van der Waals surface area (Å²) in [4.78, 5) is 19.4. The van der Waals surface area contributed by atoms with E-state index >= 15 is 0 Å². The van der Waals surface area contributed by atoms with Crippen molar-refractivity contribution in [2.45, 2.75) is 25.3 Å². The molecule has 1 fully saturated rings. The molecule has 1 aliphatic carbocycles. The van der Waals surface area contributed by atoms with Gasteiger partial charge >= 0.3 is 5.97 Å². The van der Waals surface area contributed by atoms with Crippen LogP contribution in [0.1, 0.15) is 34.7 Å². The molecule has 1 aromatic carbocycles. The van der Waals surface area contributed by atoms with Crippen molar-refractivity contribution < 1.29 is 14.3 Å². The number of halogens is 1. The Balaban J connectivity index is 1.90. The first kappa shape index (κ1) is 13.5. The maximum Gasteiger partial charge on any atom is 0.354 e. The molecule has 2 N–H and O–H groups in total. The molecule has 0 spiro atoms. The molecule has 0 bridgehead atoms. The van der Waals surface area contributed by atoms with Gasteiger partial charge in [0.1, 0.15) is 17.5 Å². The van der Waals surface area contributed by atoms with Crippen molar-refractivity contribution in [3.8, 4) is 0 Å². The molecule has 0 radical (unpaired) electrons. The van der Waals surface area contributed by atoms with Crippen molar-refractivity contribution in [3.05, 3.63) is 53.2 Å². The summed E-state index contributed by atoms with van der Waals surface area (Å²) in [5.41, 5.74) is 0.358. The number of carbonyl (C=O) groups is 1. The maximum atomic E-state index is 13.7. The van der Waals surface area contributed by atoms with Gasteiger partial charge in [0.15, 0.2) is 5.69 Å². The van der Waals surface area contributed by atoms with E-state index in [-0.39, 0.29) is 17.9 Å². The summed E-state index contributed by atoms with van der Waals surface area (Å²) in [5.74, 6) is -0.691. The van der Waals surface area contributed by atoms with Crippen molar-refractivity contribution >= 4 is 11.8 Å². The van der Waals surface area contributed by atoms with Gasteiger partial charge in [0.2, 0.25) is 0 Å². The summed E-state index contributed by atoms with van der Waals surface area (Å²) in [7, 11) is 0. The Kier molecular flexibility index (Phi) is 3.51. The van der Waals surface area contributed by atoms with Gasteiger partial charge in [0, 0.05) is 18.5 Å². The second-order valence-corrected chi connectivity index (χ2v) is 5.05. The number of anilines is 1. The molecule has 1 saturated carbocycles. The van der Waals surface area contributed by atoms with Crippen molar-refractivity contribution in [1.29, 1.82) is 0 Å². The summed E-state index contributed by atoms with van der Waals surface area (Å²) in [6.07, 6.45) is 2.26. The Morgan fingerprint density at radius 2 is 2.10 bits per heavy atom. The molecule has 1 aliphatic rings. The number of nitrogens with zero attached hydrogens (tertiary/aromatic N) is 2. The molecule has 1 heterocycles. The third-order valence-corrected chi connectivity index (χ3v) is 3.23. The SMILES string of the molecule is O=C(O)c1cc(NC2CC2)nc(Cc2ccccc2F)n1. The van der Waals surface area contributed by atoms with E-state index in [0.29, 0.717) is 23.2 Å². The van der Waals surface area contributed by atoms with Crippen LogP contribution in [-0.2, 0) is 6.42 Å². The second-order valence-electron chi connectivity index (χ2n) is 5.05. The van der Waals surface area contributed by atoms with E-state index < -0.39 is 5.97 Å². The van der Waals surface area contributed by atoms with Crippen LogP contribution in [0, 0.1) is 5.82 Å². The Labute approximate surface area is 120 Å². The minimum atomic E-state index is -1.12. The van der Waals surface area contributed by atoms with Crippen LogP contribution in [0.3, 0.4) is 0 Å².